The van der Waals surface area contributed by atoms with E-state index in [0.717, 1.165) is 59.5 Å². The van der Waals surface area contributed by atoms with Crippen molar-refractivity contribution >= 4 is 16.9 Å². The summed E-state index contributed by atoms with van der Waals surface area (Å²) in [4.78, 5) is 8.72. The highest BCUT2D eigenvalue weighted by Gasteiger charge is 2.25. The third kappa shape index (κ3) is 3.48. The highest BCUT2D eigenvalue weighted by molar-refractivity contribution is 5.98. The van der Waals surface area contributed by atoms with Crippen LogP contribution in [0.5, 0.6) is 11.5 Å². The van der Waals surface area contributed by atoms with E-state index in [1.807, 2.05) is 59.3 Å². The van der Waals surface area contributed by atoms with Crippen molar-refractivity contribution in [3.05, 3.63) is 60.9 Å². The van der Waals surface area contributed by atoms with Crippen LogP contribution in [0.2, 0.25) is 0 Å². The van der Waals surface area contributed by atoms with Gasteiger partial charge in [-0.15, -0.1) is 0 Å². The van der Waals surface area contributed by atoms with Gasteiger partial charge in [-0.2, -0.15) is 5.10 Å². The second-order valence-electron chi connectivity index (χ2n) is 7.76. The minimum Gasteiger partial charge on any atom is -0.457 e. The monoisotopic (exact) mass is 400 g/mol. The van der Waals surface area contributed by atoms with Gasteiger partial charge in [-0.05, 0) is 62.1 Å². The van der Waals surface area contributed by atoms with Crippen molar-refractivity contribution in [2.24, 2.45) is 5.73 Å². The Balaban J connectivity index is 1.51. The van der Waals surface area contributed by atoms with Crippen LogP contribution in [-0.2, 0) is 0 Å². The van der Waals surface area contributed by atoms with Gasteiger partial charge < -0.3 is 16.2 Å². The Labute approximate surface area is 174 Å². The molecule has 1 aliphatic rings. The fraction of sp³-hybridized carbons (Fsp3) is 0.261. The summed E-state index contributed by atoms with van der Waals surface area (Å²) in [5.41, 5.74) is 14.9. The number of benzene rings is 2. The SMILES string of the molecule is Nc1ncnc2c1c(-c1ccc(Oc3ccccc3)cc1)nn2C1CCC(N)CC1. The lowest BCUT2D eigenvalue weighted by molar-refractivity contribution is 0.310. The zero-order valence-corrected chi connectivity index (χ0v) is 16.6. The van der Waals surface area contributed by atoms with Crippen molar-refractivity contribution in [1.29, 1.82) is 0 Å². The van der Waals surface area contributed by atoms with Gasteiger partial charge in [0, 0.05) is 11.6 Å². The van der Waals surface area contributed by atoms with Crippen LogP contribution < -0.4 is 16.2 Å². The average Bonchev–Trinajstić information content (AvgIpc) is 3.17. The van der Waals surface area contributed by atoms with Gasteiger partial charge in [0.15, 0.2) is 5.65 Å². The van der Waals surface area contributed by atoms with Crippen molar-refractivity contribution in [2.45, 2.75) is 37.8 Å². The first-order chi connectivity index (χ1) is 14.7. The average molecular weight is 400 g/mol. The van der Waals surface area contributed by atoms with Gasteiger partial charge in [0.25, 0.3) is 0 Å². The Morgan fingerprint density at radius 1 is 0.867 bits per heavy atom. The summed E-state index contributed by atoms with van der Waals surface area (Å²) in [6, 6.07) is 18.1. The third-order valence-electron chi connectivity index (χ3n) is 5.71. The lowest BCUT2D eigenvalue weighted by Crippen LogP contribution is -2.28. The molecule has 1 saturated carbocycles. The number of nitrogens with two attached hydrogens (primary N) is 2. The molecular formula is C23H24N6O. The third-order valence-corrected chi connectivity index (χ3v) is 5.71. The molecule has 0 spiro atoms. The summed E-state index contributed by atoms with van der Waals surface area (Å²) in [5.74, 6) is 2.01. The fourth-order valence-electron chi connectivity index (χ4n) is 4.10. The quantitative estimate of drug-likeness (QED) is 0.529. The van der Waals surface area contributed by atoms with Gasteiger partial charge in [0.2, 0.25) is 0 Å². The zero-order chi connectivity index (χ0) is 20.5. The molecule has 7 heteroatoms. The van der Waals surface area contributed by atoms with Crippen LogP contribution >= 0.6 is 0 Å². The van der Waals surface area contributed by atoms with Crippen molar-refractivity contribution < 1.29 is 4.74 Å². The molecule has 1 aliphatic carbocycles. The smallest absolute Gasteiger partial charge is 0.164 e. The molecule has 30 heavy (non-hydrogen) atoms. The Hall–Kier alpha value is -3.45. The van der Waals surface area contributed by atoms with E-state index in [4.69, 9.17) is 21.3 Å². The molecule has 0 unspecified atom stereocenters. The number of nitrogens with zero attached hydrogens (tertiary/aromatic N) is 4. The lowest BCUT2D eigenvalue weighted by atomic mass is 9.92. The molecule has 0 bridgehead atoms. The fourth-order valence-corrected chi connectivity index (χ4v) is 4.10. The lowest BCUT2D eigenvalue weighted by Gasteiger charge is -2.26. The summed E-state index contributed by atoms with van der Waals surface area (Å²) in [6.45, 7) is 0. The van der Waals surface area contributed by atoms with Crippen LogP contribution in [0.15, 0.2) is 60.9 Å². The molecule has 2 heterocycles. The molecule has 5 rings (SSSR count). The number of rotatable bonds is 4. The second-order valence-corrected chi connectivity index (χ2v) is 7.76. The summed E-state index contributed by atoms with van der Waals surface area (Å²) < 4.78 is 7.92. The summed E-state index contributed by atoms with van der Waals surface area (Å²) >= 11 is 0. The van der Waals surface area contributed by atoms with E-state index in [9.17, 15) is 0 Å². The Morgan fingerprint density at radius 3 is 2.30 bits per heavy atom. The van der Waals surface area contributed by atoms with Gasteiger partial charge in [-0.25, -0.2) is 14.6 Å². The zero-order valence-electron chi connectivity index (χ0n) is 16.6. The molecule has 4 aromatic rings. The van der Waals surface area contributed by atoms with E-state index in [1.54, 1.807) is 0 Å². The number of anilines is 1. The van der Waals surface area contributed by atoms with Crippen molar-refractivity contribution in [3.63, 3.8) is 0 Å². The maximum atomic E-state index is 6.24. The molecule has 7 nitrogen and oxygen atoms in total. The first-order valence-corrected chi connectivity index (χ1v) is 10.3. The predicted octanol–water partition coefficient (Wildman–Crippen LogP) is 4.31. The highest BCUT2D eigenvalue weighted by Crippen LogP contribution is 2.36. The van der Waals surface area contributed by atoms with Crippen LogP contribution in [0.3, 0.4) is 0 Å². The normalized spacial score (nSPS) is 19.1. The van der Waals surface area contributed by atoms with Crippen LogP contribution in [0.25, 0.3) is 22.3 Å². The maximum Gasteiger partial charge on any atom is 0.164 e. The Morgan fingerprint density at radius 2 is 1.57 bits per heavy atom. The molecule has 4 N–H and O–H groups in total. The molecule has 2 aromatic heterocycles. The second kappa shape index (κ2) is 7.76. The molecule has 1 fully saturated rings. The number of ether oxygens (including phenoxy) is 1. The predicted molar refractivity (Wildman–Crippen MR) is 117 cm³/mol. The largest absolute Gasteiger partial charge is 0.457 e. The number of hydrogen-bond acceptors (Lipinski definition) is 6. The van der Waals surface area contributed by atoms with Gasteiger partial charge in [-0.1, -0.05) is 18.2 Å². The molecule has 0 aliphatic heterocycles. The molecule has 0 amide bonds. The van der Waals surface area contributed by atoms with E-state index < -0.39 is 0 Å². The minimum atomic E-state index is 0.274. The number of nitrogen functional groups attached to an aromatic ring is 1. The number of para-hydroxylation sites is 1. The maximum absolute atomic E-state index is 6.24. The van der Waals surface area contributed by atoms with Crippen molar-refractivity contribution in [1.82, 2.24) is 19.7 Å². The standard InChI is InChI=1S/C23H24N6O/c24-16-8-10-17(11-9-16)29-23-20(22(25)26-14-27-23)21(28-29)15-6-12-19(13-7-15)30-18-4-2-1-3-5-18/h1-7,12-14,16-17H,8-11,24H2,(H2,25,26,27). The molecule has 0 radical (unpaired) electrons. The van der Waals surface area contributed by atoms with Crippen LogP contribution in [-0.4, -0.2) is 25.8 Å². The number of fused-ring (bicyclic) bond motifs is 1. The number of hydrogen-bond donors (Lipinski definition) is 2. The van der Waals surface area contributed by atoms with E-state index >= 15 is 0 Å². The molecule has 0 saturated heterocycles. The van der Waals surface area contributed by atoms with Gasteiger partial charge in [-0.3, -0.25) is 0 Å². The van der Waals surface area contributed by atoms with Crippen LogP contribution in [0, 0.1) is 0 Å². The Kier molecular flexibility index (Phi) is 4.80. The van der Waals surface area contributed by atoms with Crippen molar-refractivity contribution in [2.75, 3.05) is 5.73 Å². The molecule has 0 atom stereocenters. The summed E-state index contributed by atoms with van der Waals surface area (Å²) in [5, 5.41) is 5.73. The van der Waals surface area contributed by atoms with E-state index in [-0.39, 0.29) is 12.1 Å². The summed E-state index contributed by atoms with van der Waals surface area (Å²) in [6.07, 6.45) is 5.47. The molecular weight excluding hydrogens is 376 g/mol. The van der Waals surface area contributed by atoms with Crippen LogP contribution in [0.1, 0.15) is 31.7 Å². The first-order valence-electron chi connectivity index (χ1n) is 10.3. The van der Waals surface area contributed by atoms with Gasteiger partial charge in [0.1, 0.15) is 29.3 Å². The number of aromatic nitrogens is 4. The molecule has 2 aromatic carbocycles. The van der Waals surface area contributed by atoms with Crippen molar-refractivity contribution in [3.8, 4) is 22.8 Å². The van der Waals surface area contributed by atoms with E-state index in [1.165, 1.54) is 6.33 Å². The van der Waals surface area contributed by atoms with E-state index in [0.29, 0.717) is 5.82 Å². The first kappa shape index (κ1) is 18.6. The Bertz CT molecular complexity index is 1150. The highest BCUT2D eigenvalue weighted by atomic mass is 16.5. The summed E-state index contributed by atoms with van der Waals surface area (Å²) in [7, 11) is 0. The molecule has 152 valence electrons. The minimum absolute atomic E-state index is 0.274. The van der Waals surface area contributed by atoms with Gasteiger partial charge >= 0.3 is 0 Å². The van der Waals surface area contributed by atoms with Crippen LogP contribution in [0.4, 0.5) is 5.82 Å². The van der Waals surface area contributed by atoms with Gasteiger partial charge in [0.05, 0.1) is 11.4 Å². The van der Waals surface area contributed by atoms with E-state index in [2.05, 4.69) is 9.97 Å². The topological polar surface area (TPSA) is 105 Å².